The molecule has 0 aliphatic rings. The van der Waals surface area contributed by atoms with Crippen molar-refractivity contribution in [3.8, 4) is 23.0 Å². The Morgan fingerprint density at radius 1 is 1.22 bits per heavy atom. The van der Waals surface area contributed by atoms with Crippen LogP contribution in [0.4, 0.5) is 11.4 Å². The molecule has 0 aliphatic heterocycles. The van der Waals surface area contributed by atoms with Crippen molar-refractivity contribution in [2.45, 2.75) is 0 Å². The highest BCUT2D eigenvalue weighted by Gasteiger charge is 2.20. The molecule has 0 radical (unpaired) electrons. The van der Waals surface area contributed by atoms with Gasteiger partial charge in [0.2, 0.25) is 5.88 Å². The zero-order valence-electron chi connectivity index (χ0n) is 12.4. The minimum absolute atomic E-state index is 0.0199. The van der Waals surface area contributed by atoms with E-state index < -0.39 is 4.92 Å². The Labute approximate surface area is 130 Å². The number of aromatic amines is 1. The van der Waals surface area contributed by atoms with E-state index in [1.54, 1.807) is 12.1 Å². The van der Waals surface area contributed by atoms with Crippen molar-refractivity contribution in [3.05, 3.63) is 34.4 Å². The summed E-state index contributed by atoms with van der Waals surface area (Å²) in [5.41, 5.74) is 7.00. The second-order valence-electron chi connectivity index (χ2n) is 4.68. The number of ether oxygens (including phenoxy) is 2. The lowest BCUT2D eigenvalue weighted by Crippen LogP contribution is -1.99. The van der Waals surface area contributed by atoms with Crippen LogP contribution in [0.15, 0.2) is 24.3 Å². The molecule has 2 heterocycles. The number of hydrogen-bond acceptors (Lipinski definition) is 7. The fourth-order valence-electron chi connectivity index (χ4n) is 2.21. The summed E-state index contributed by atoms with van der Waals surface area (Å²) in [4.78, 5) is 22.1. The Balaban J connectivity index is 2.20. The topological polar surface area (TPSA) is 129 Å². The Morgan fingerprint density at radius 2 is 2.00 bits per heavy atom. The number of rotatable bonds is 4. The summed E-state index contributed by atoms with van der Waals surface area (Å²) in [5.74, 6) is 1.19. The highest BCUT2D eigenvalue weighted by molar-refractivity contribution is 5.81. The van der Waals surface area contributed by atoms with Gasteiger partial charge in [0, 0.05) is 18.2 Å². The van der Waals surface area contributed by atoms with E-state index in [0.29, 0.717) is 34.2 Å². The molecule has 118 valence electrons. The van der Waals surface area contributed by atoms with E-state index in [0.717, 1.165) is 0 Å². The quantitative estimate of drug-likeness (QED) is 0.428. The van der Waals surface area contributed by atoms with Crippen LogP contribution in [0.5, 0.6) is 11.6 Å². The predicted octanol–water partition coefficient (Wildman–Crippen LogP) is 2.13. The smallest absolute Gasteiger partial charge is 0.293 e. The minimum Gasteiger partial charge on any atom is -0.496 e. The van der Waals surface area contributed by atoms with Crippen LogP contribution in [0.1, 0.15) is 0 Å². The highest BCUT2D eigenvalue weighted by atomic mass is 16.6. The number of benzene rings is 1. The molecule has 2 aromatic heterocycles. The molecule has 0 saturated heterocycles. The van der Waals surface area contributed by atoms with E-state index in [-0.39, 0.29) is 11.4 Å². The maximum Gasteiger partial charge on any atom is 0.293 e. The van der Waals surface area contributed by atoms with Gasteiger partial charge in [-0.3, -0.25) is 10.1 Å². The molecule has 0 fully saturated rings. The Hall–Kier alpha value is -3.36. The van der Waals surface area contributed by atoms with Gasteiger partial charge in [-0.15, -0.1) is 0 Å². The number of anilines is 1. The number of nitrogens with zero attached hydrogens (tertiary/aromatic N) is 3. The van der Waals surface area contributed by atoms with Crippen molar-refractivity contribution in [3.63, 3.8) is 0 Å². The van der Waals surface area contributed by atoms with E-state index in [4.69, 9.17) is 15.2 Å². The van der Waals surface area contributed by atoms with Crippen LogP contribution in [0.25, 0.3) is 22.6 Å². The molecule has 0 unspecified atom stereocenters. The largest absolute Gasteiger partial charge is 0.496 e. The lowest BCUT2D eigenvalue weighted by Gasteiger charge is -2.07. The number of nitrogens with one attached hydrogen (secondary N) is 1. The molecule has 9 heteroatoms. The maximum absolute atomic E-state index is 11.1. The van der Waals surface area contributed by atoms with Crippen molar-refractivity contribution in [2.24, 2.45) is 0 Å². The first-order valence-electron chi connectivity index (χ1n) is 6.56. The van der Waals surface area contributed by atoms with Crippen molar-refractivity contribution in [1.82, 2.24) is 15.0 Å². The monoisotopic (exact) mass is 315 g/mol. The highest BCUT2D eigenvalue weighted by Crippen LogP contribution is 2.36. The summed E-state index contributed by atoms with van der Waals surface area (Å²) >= 11 is 0. The Bertz CT molecular complexity index is 906. The van der Waals surface area contributed by atoms with E-state index in [9.17, 15) is 10.1 Å². The van der Waals surface area contributed by atoms with E-state index >= 15 is 0 Å². The molecule has 3 aromatic rings. The van der Waals surface area contributed by atoms with Gasteiger partial charge in [-0.05, 0) is 6.07 Å². The second kappa shape index (κ2) is 5.44. The van der Waals surface area contributed by atoms with Crippen molar-refractivity contribution in [2.75, 3.05) is 20.0 Å². The zero-order chi connectivity index (χ0) is 16.6. The summed E-state index contributed by atoms with van der Waals surface area (Å²) < 4.78 is 10.3. The van der Waals surface area contributed by atoms with Crippen LogP contribution >= 0.6 is 0 Å². The number of fused-ring (bicyclic) bond motifs is 1. The summed E-state index contributed by atoms with van der Waals surface area (Å²) in [6.07, 6.45) is 0. The molecule has 1 aromatic carbocycles. The number of pyridine rings is 1. The zero-order valence-corrected chi connectivity index (χ0v) is 12.4. The summed E-state index contributed by atoms with van der Waals surface area (Å²) in [6, 6.07) is 6.17. The Kier molecular flexibility index (Phi) is 3.45. The number of nitrogens with two attached hydrogens (primary N) is 1. The fourth-order valence-corrected chi connectivity index (χ4v) is 2.21. The number of nitro benzene ring substituents is 1. The standard InChI is InChI=1S/C14H13N5O4/c1-22-11-6-8(15)10(19(20)21)5-7(11)13-16-9-3-4-12(23-2)17-14(9)18-13/h3-6H,15H2,1-2H3,(H,16,17,18). The number of hydrogen-bond donors (Lipinski definition) is 2. The first-order chi connectivity index (χ1) is 11.0. The first kappa shape index (κ1) is 14.6. The number of methoxy groups -OCH3 is 2. The number of nitro groups is 1. The van der Waals surface area contributed by atoms with Gasteiger partial charge in [0.15, 0.2) is 5.65 Å². The minimum atomic E-state index is -0.553. The average Bonchev–Trinajstić information content (AvgIpc) is 2.96. The molecule has 0 atom stereocenters. The van der Waals surface area contributed by atoms with Crippen LogP contribution in [-0.4, -0.2) is 34.1 Å². The molecule has 0 spiro atoms. The average molecular weight is 315 g/mol. The fraction of sp³-hybridized carbons (Fsp3) is 0.143. The first-order valence-corrected chi connectivity index (χ1v) is 6.56. The van der Waals surface area contributed by atoms with Gasteiger partial charge >= 0.3 is 0 Å². The third kappa shape index (κ3) is 2.48. The van der Waals surface area contributed by atoms with Gasteiger partial charge in [0.05, 0.1) is 30.2 Å². The molecular formula is C14H13N5O4. The van der Waals surface area contributed by atoms with Crippen molar-refractivity contribution >= 4 is 22.5 Å². The van der Waals surface area contributed by atoms with E-state index in [2.05, 4.69) is 15.0 Å². The van der Waals surface area contributed by atoms with Crippen LogP contribution in [0, 0.1) is 10.1 Å². The van der Waals surface area contributed by atoms with Gasteiger partial charge in [0.1, 0.15) is 17.3 Å². The molecule has 0 bridgehead atoms. The number of imidazole rings is 1. The summed E-state index contributed by atoms with van der Waals surface area (Å²) in [5, 5.41) is 11.1. The van der Waals surface area contributed by atoms with Crippen LogP contribution in [-0.2, 0) is 0 Å². The molecule has 3 rings (SSSR count). The van der Waals surface area contributed by atoms with E-state index in [1.165, 1.54) is 26.4 Å². The van der Waals surface area contributed by atoms with E-state index in [1.807, 2.05) is 0 Å². The summed E-state index contributed by atoms with van der Waals surface area (Å²) in [7, 11) is 2.96. The van der Waals surface area contributed by atoms with Gasteiger partial charge in [-0.1, -0.05) is 0 Å². The molecule has 0 aliphatic carbocycles. The number of H-pyrrole nitrogens is 1. The van der Waals surface area contributed by atoms with Crippen molar-refractivity contribution in [1.29, 1.82) is 0 Å². The van der Waals surface area contributed by atoms with Gasteiger partial charge in [-0.25, -0.2) is 4.98 Å². The maximum atomic E-state index is 11.1. The van der Waals surface area contributed by atoms with Crippen LogP contribution in [0.2, 0.25) is 0 Å². The molecule has 9 nitrogen and oxygen atoms in total. The number of aromatic nitrogens is 3. The Morgan fingerprint density at radius 3 is 2.65 bits per heavy atom. The molecular weight excluding hydrogens is 302 g/mol. The molecule has 23 heavy (non-hydrogen) atoms. The third-order valence-corrected chi connectivity index (χ3v) is 3.33. The predicted molar refractivity (Wildman–Crippen MR) is 83.5 cm³/mol. The molecule has 0 amide bonds. The van der Waals surface area contributed by atoms with Gasteiger partial charge in [-0.2, -0.15) is 4.98 Å². The lowest BCUT2D eigenvalue weighted by molar-refractivity contribution is -0.383. The number of nitrogen functional groups attached to an aromatic ring is 1. The SMILES string of the molecule is COc1ccc2[nH]c(-c3cc([N+](=O)[O-])c(N)cc3OC)nc2n1. The molecule has 3 N–H and O–H groups in total. The van der Waals surface area contributed by atoms with Crippen LogP contribution < -0.4 is 15.2 Å². The summed E-state index contributed by atoms with van der Waals surface area (Å²) in [6.45, 7) is 0. The van der Waals surface area contributed by atoms with Crippen LogP contribution in [0.3, 0.4) is 0 Å². The normalized spacial score (nSPS) is 10.7. The third-order valence-electron chi connectivity index (χ3n) is 3.33. The van der Waals surface area contributed by atoms with Gasteiger partial charge < -0.3 is 20.2 Å². The van der Waals surface area contributed by atoms with Crippen molar-refractivity contribution < 1.29 is 14.4 Å². The second-order valence-corrected chi connectivity index (χ2v) is 4.68. The molecule has 0 saturated carbocycles. The van der Waals surface area contributed by atoms with Gasteiger partial charge in [0.25, 0.3) is 5.69 Å². The lowest BCUT2D eigenvalue weighted by atomic mass is 10.1.